The summed E-state index contributed by atoms with van der Waals surface area (Å²) in [5, 5.41) is 17.2. The Balaban J connectivity index is 1.49. The number of piperidine rings is 1. The molecule has 1 aliphatic carbocycles. The van der Waals surface area contributed by atoms with E-state index in [9.17, 15) is 9.18 Å². The van der Waals surface area contributed by atoms with Crippen molar-refractivity contribution in [3.63, 3.8) is 0 Å². The fourth-order valence-corrected chi connectivity index (χ4v) is 5.07. The van der Waals surface area contributed by atoms with Crippen molar-refractivity contribution < 1.29 is 13.6 Å². The van der Waals surface area contributed by atoms with Gasteiger partial charge in [0.05, 0.1) is 34.2 Å². The van der Waals surface area contributed by atoms with E-state index in [0.29, 0.717) is 40.2 Å². The van der Waals surface area contributed by atoms with Gasteiger partial charge in [-0.15, -0.1) is 0 Å². The number of carbonyl (C=O) groups is 1. The molecule has 1 aromatic heterocycles. The van der Waals surface area contributed by atoms with E-state index in [2.05, 4.69) is 15.7 Å². The number of carbonyl (C=O) groups excluding carboxylic acids is 1. The normalized spacial score (nSPS) is 25.3. The van der Waals surface area contributed by atoms with E-state index in [0.717, 1.165) is 17.7 Å². The largest absolute Gasteiger partial charge is 0.330 e. The van der Waals surface area contributed by atoms with Gasteiger partial charge in [0.1, 0.15) is 5.82 Å². The lowest BCUT2D eigenvalue weighted by atomic mass is 9.78. The minimum atomic E-state index is -0.560. The van der Waals surface area contributed by atoms with E-state index in [-0.39, 0.29) is 17.5 Å². The molecule has 2 N–H and O–H groups in total. The summed E-state index contributed by atoms with van der Waals surface area (Å²) in [5.41, 5.74) is 4.03. The molecule has 4 heterocycles. The number of nitrogens with one attached hydrogen (secondary N) is 2. The molecule has 10 heteroatoms. The molecule has 184 valence electrons. The maximum Gasteiger partial charge on any atom is 0.330 e. The van der Waals surface area contributed by atoms with Gasteiger partial charge in [-0.05, 0) is 55.7 Å². The number of anilines is 2. The number of fused-ring (bicyclic) bond motifs is 1. The van der Waals surface area contributed by atoms with Crippen molar-refractivity contribution in [2.24, 2.45) is 12.1 Å². The molecular weight excluding hydrogens is 464 g/mol. The zero-order valence-corrected chi connectivity index (χ0v) is 20.1. The topological polar surface area (TPSA) is 77.8 Å². The molecule has 3 aliphatic heterocycles. The lowest BCUT2D eigenvalue weighted by molar-refractivity contribution is 0.250. The van der Waals surface area contributed by atoms with Crippen molar-refractivity contribution in [2.45, 2.75) is 38.8 Å². The van der Waals surface area contributed by atoms with Gasteiger partial charge >= 0.3 is 6.03 Å². The Labute approximate surface area is 206 Å². The standard InChI is InChI=1S/C26H25F2N7O/c1-14-8-17(9-15(2)24(14)27)35-7-6-34(23-5-4-22-19(25(23)28)13-30-33(22)3)26(36)29-12-18-20-10-16(31-20)11-21(18)32-35/h4-9,12-13,16,20,31H,10-11H2,1-3H3,(H,29,36)/b7-6-,18-12+,32-21-. The summed E-state index contributed by atoms with van der Waals surface area (Å²) in [6.07, 6.45) is 7.82. The van der Waals surface area contributed by atoms with Crippen LogP contribution in [0, 0.1) is 25.5 Å². The van der Waals surface area contributed by atoms with E-state index in [1.807, 2.05) is 0 Å². The van der Waals surface area contributed by atoms with Crippen molar-refractivity contribution in [1.82, 2.24) is 20.4 Å². The maximum atomic E-state index is 15.5. The predicted octanol–water partition coefficient (Wildman–Crippen LogP) is 4.35. The van der Waals surface area contributed by atoms with Gasteiger partial charge in [0.2, 0.25) is 0 Å². The molecule has 7 rings (SSSR count). The lowest BCUT2D eigenvalue weighted by Gasteiger charge is -2.45. The molecule has 3 aromatic rings. The minimum absolute atomic E-state index is 0.0734. The summed E-state index contributed by atoms with van der Waals surface area (Å²) < 4.78 is 31.5. The van der Waals surface area contributed by atoms with Gasteiger partial charge in [0.25, 0.3) is 0 Å². The van der Waals surface area contributed by atoms with Crippen LogP contribution in [0.15, 0.2) is 59.7 Å². The second-order valence-corrected chi connectivity index (χ2v) is 9.46. The average Bonchev–Trinajstić information content (AvgIpc) is 3.22. The highest BCUT2D eigenvalue weighted by Crippen LogP contribution is 2.33. The Morgan fingerprint density at radius 2 is 1.83 bits per heavy atom. The molecular formula is C26H25F2N7O. The first kappa shape index (κ1) is 22.4. The summed E-state index contributed by atoms with van der Waals surface area (Å²) >= 11 is 0. The Morgan fingerprint density at radius 3 is 2.58 bits per heavy atom. The molecule has 1 saturated carbocycles. The number of hydrogen-bond acceptors (Lipinski definition) is 5. The third-order valence-electron chi connectivity index (χ3n) is 7.05. The number of urea groups is 1. The first-order chi connectivity index (χ1) is 17.3. The van der Waals surface area contributed by atoms with Gasteiger partial charge in [-0.3, -0.25) is 9.58 Å². The van der Waals surface area contributed by atoms with Crippen LogP contribution < -0.4 is 20.5 Å². The quantitative estimate of drug-likeness (QED) is 0.561. The zero-order valence-electron chi connectivity index (χ0n) is 20.1. The van der Waals surface area contributed by atoms with Crippen molar-refractivity contribution in [3.05, 3.63) is 77.4 Å². The van der Waals surface area contributed by atoms with Crippen molar-refractivity contribution in [3.8, 4) is 0 Å². The highest BCUT2D eigenvalue weighted by molar-refractivity contribution is 6.05. The van der Waals surface area contributed by atoms with Crippen molar-refractivity contribution in [1.29, 1.82) is 0 Å². The number of benzene rings is 2. The summed E-state index contributed by atoms with van der Waals surface area (Å²) in [6, 6.07) is 6.59. The maximum absolute atomic E-state index is 15.5. The van der Waals surface area contributed by atoms with Gasteiger partial charge in [-0.2, -0.15) is 10.2 Å². The Bertz CT molecular complexity index is 1480. The SMILES string of the molecule is Cc1cc(N2/C=C\N(c3ccc4c(cnn4C)c3F)C(=O)N/C=C3/C(=N\2)CC2CC3N2)cc(C)c1F. The fraction of sp³-hybridized carbons (Fsp3) is 0.269. The van der Waals surface area contributed by atoms with Gasteiger partial charge < -0.3 is 10.6 Å². The second kappa shape index (κ2) is 8.27. The summed E-state index contributed by atoms with van der Waals surface area (Å²) in [4.78, 5) is 14.5. The summed E-state index contributed by atoms with van der Waals surface area (Å²) in [5.74, 6) is -0.830. The molecule has 2 amide bonds. The molecule has 2 aromatic carbocycles. The van der Waals surface area contributed by atoms with E-state index in [1.165, 1.54) is 17.3 Å². The molecule has 36 heavy (non-hydrogen) atoms. The van der Waals surface area contributed by atoms with Crippen LogP contribution in [-0.2, 0) is 7.05 Å². The van der Waals surface area contributed by atoms with Crippen LogP contribution in [0.25, 0.3) is 10.9 Å². The number of aromatic nitrogens is 2. The number of nitrogens with zero attached hydrogens (tertiary/aromatic N) is 5. The van der Waals surface area contributed by atoms with Crippen LogP contribution in [0.3, 0.4) is 0 Å². The number of halogens is 2. The Morgan fingerprint density at radius 1 is 1.08 bits per heavy atom. The van der Waals surface area contributed by atoms with Gasteiger partial charge in [-0.1, -0.05) is 0 Å². The van der Waals surface area contributed by atoms with Crippen molar-refractivity contribution in [2.75, 3.05) is 9.91 Å². The highest BCUT2D eigenvalue weighted by atomic mass is 19.1. The third-order valence-corrected chi connectivity index (χ3v) is 7.05. The number of aryl methyl sites for hydroxylation is 3. The Kier molecular flexibility index (Phi) is 5.15. The van der Waals surface area contributed by atoms with E-state index in [1.54, 1.807) is 67.3 Å². The van der Waals surface area contributed by atoms with Crippen LogP contribution >= 0.6 is 0 Å². The fourth-order valence-electron chi connectivity index (χ4n) is 5.07. The first-order valence-corrected chi connectivity index (χ1v) is 11.8. The van der Waals surface area contributed by atoms with Crippen LogP contribution in [-0.4, -0.2) is 33.6 Å². The number of amides is 2. The second-order valence-electron chi connectivity index (χ2n) is 9.46. The van der Waals surface area contributed by atoms with Crippen LogP contribution in [0.2, 0.25) is 0 Å². The zero-order chi connectivity index (χ0) is 25.1. The molecule has 2 bridgehead atoms. The highest BCUT2D eigenvalue weighted by Gasteiger charge is 2.40. The molecule has 3 fully saturated rings. The van der Waals surface area contributed by atoms with Crippen LogP contribution in [0.5, 0.6) is 0 Å². The summed E-state index contributed by atoms with van der Waals surface area (Å²) in [7, 11) is 1.73. The number of hydrogen-bond donors (Lipinski definition) is 2. The Hall–Kier alpha value is -4.05. The van der Waals surface area contributed by atoms with E-state index < -0.39 is 11.8 Å². The average molecular weight is 490 g/mol. The summed E-state index contributed by atoms with van der Waals surface area (Å²) in [6.45, 7) is 3.40. The van der Waals surface area contributed by atoms with Crippen LogP contribution in [0.4, 0.5) is 25.0 Å². The molecule has 2 unspecified atom stereocenters. The van der Waals surface area contributed by atoms with E-state index in [4.69, 9.17) is 5.10 Å². The van der Waals surface area contributed by atoms with Gasteiger partial charge in [0.15, 0.2) is 5.82 Å². The molecule has 0 radical (unpaired) electrons. The number of hydrazone groups is 1. The number of rotatable bonds is 2. The first-order valence-electron chi connectivity index (χ1n) is 11.8. The van der Waals surface area contributed by atoms with Gasteiger partial charge in [-0.25, -0.2) is 18.6 Å². The molecule has 4 aliphatic rings. The van der Waals surface area contributed by atoms with Crippen LogP contribution in [0.1, 0.15) is 24.0 Å². The molecule has 8 nitrogen and oxygen atoms in total. The third kappa shape index (κ3) is 3.56. The molecule has 2 atom stereocenters. The smallest absolute Gasteiger partial charge is 0.314 e. The monoisotopic (exact) mass is 489 g/mol. The van der Waals surface area contributed by atoms with Crippen molar-refractivity contribution >= 4 is 34.0 Å². The van der Waals surface area contributed by atoms with Gasteiger partial charge in [0, 0.05) is 49.7 Å². The molecule has 0 spiro atoms. The van der Waals surface area contributed by atoms with E-state index >= 15 is 4.39 Å². The molecule has 2 saturated heterocycles. The lowest BCUT2D eigenvalue weighted by Crippen LogP contribution is -2.60. The minimum Gasteiger partial charge on any atom is -0.314 e. The predicted molar refractivity (Wildman–Crippen MR) is 135 cm³/mol.